The lowest BCUT2D eigenvalue weighted by Crippen LogP contribution is -2.56. The maximum Gasteiger partial charge on any atom is 0.327 e. The van der Waals surface area contributed by atoms with Gasteiger partial charge in [-0.15, -0.1) is 0 Å². The van der Waals surface area contributed by atoms with Crippen molar-refractivity contribution in [2.24, 2.45) is 0 Å². The van der Waals surface area contributed by atoms with Crippen molar-refractivity contribution in [2.45, 2.75) is 30.9 Å². The Morgan fingerprint density at radius 3 is 2.42 bits per heavy atom. The van der Waals surface area contributed by atoms with Gasteiger partial charge >= 0.3 is 8.60 Å². The second-order valence-electron chi connectivity index (χ2n) is 8.68. The summed E-state index contributed by atoms with van der Waals surface area (Å²) in [6.45, 7) is -0.0290. The molecule has 2 heterocycles. The van der Waals surface area contributed by atoms with Crippen LogP contribution in [-0.2, 0) is 11.1 Å². The number of nitrogens with zero attached hydrogens (tertiary/aromatic N) is 3. The molecule has 1 fully saturated rings. The Labute approximate surface area is 210 Å². The standard InChI is InChI=1S/C23H21ClF2N3O6P/c1-33-19-8-17(6-7-18(19)34-13-22(35-36(31)32)11-23(25,26)12-22)28-9-14-10-29(27-20(14)21(28)30)16-4-2-15(24)3-5-16/h2-8,10,31-32H,9,11-13H2,1H3. The molecular formula is C23H21ClF2N3O6P. The average Bonchev–Trinajstić information content (AvgIpc) is 3.35. The van der Waals surface area contributed by atoms with Crippen LogP contribution < -0.4 is 14.4 Å². The van der Waals surface area contributed by atoms with E-state index in [1.165, 1.54) is 12.0 Å². The van der Waals surface area contributed by atoms with E-state index in [9.17, 15) is 23.4 Å². The van der Waals surface area contributed by atoms with Gasteiger partial charge in [-0.05, 0) is 36.4 Å². The predicted octanol–water partition coefficient (Wildman–Crippen LogP) is 4.47. The molecule has 1 aromatic heterocycles. The van der Waals surface area contributed by atoms with Gasteiger partial charge in [-0.1, -0.05) is 11.6 Å². The van der Waals surface area contributed by atoms with Gasteiger partial charge in [0.15, 0.2) is 17.2 Å². The summed E-state index contributed by atoms with van der Waals surface area (Å²) in [6.07, 6.45) is 0.413. The molecule has 0 radical (unpaired) electrons. The van der Waals surface area contributed by atoms with Gasteiger partial charge in [0.25, 0.3) is 11.8 Å². The minimum Gasteiger partial charge on any atom is -0.493 e. The van der Waals surface area contributed by atoms with Crippen LogP contribution in [0.2, 0.25) is 5.02 Å². The van der Waals surface area contributed by atoms with Gasteiger partial charge in [0, 0.05) is 41.4 Å². The van der Waals surface area contributed by atoms with Crippen molar-refractivity contribution in [3.63, 3.8) is 0 Å². The topological polar surface area (TPSA) is 106 Å². The number of benzene rings is 2. The van der Waals surface area contributed by atoms with E-state index < -0.39 is 33.0 Å². The molecule has 1 saturated carbocycles. The maximum absolute atomic E-state index is 13.5. The molecule has 1 aliphatic carbocycles. The van der Waals surface area contributed by atoms with Crippen LogP contribution in [0.5, 0.6) is 11.5 Å². The molecule has 0 bridgehead atoms. The highest BCUT2D eigenvalue weighted by molar-refractivity contribution is 7.39. The van der Waals surface area contributed by atoms with E-state index in [0.29, 0.717) is 22.9 Å². The number of carbonyl (C=O) groups excluding carboxylic acids is 1. The Hall–Kier alpha value is -2.82. The molecule has 5 rings (SSSR count). The normalized spacial score (nSPS) is 17.8. The molecule has 36 heavy (non-hydrogen) atoms. The van der Waals surface area contributed by atoms with Crippen molar-refractivity contribution in [1.82, 2.24) is 9.78 Å². The lowest BCUT2D eigenvalue weighted by atomic mass is 9.77. The minimum absolute atomic E-state index is 0.233. The van der Waals surface area contributed by atoms with Gasteiger partial charge in [-0.3, -0.25) is 4.79 Å². The van der Waals surface area contributed by atoms with E-state index in [2.05, 4.69) is 5.10 Å². The molecule has 2 aromatic carbocycles. The Bertz CT molecular complexity index is 1290. The number of methoxy groups -OCH3 is 1. The fraction of sp³-hybridized carbons (Fsp3) is 0.304. The van der Waals surface area contributed by atoms with Crippen LogP contribution in [0.4, 0.5) is 14.5 Å². The van der Waals surface area contributed by atoms with E-state index in [1.807, 2.05) is 0 Å². The number of carbonyl (C=O) groups is 1. The number of halogens is 3. The van der Waals surface area contributed by atoms with Crippen LogP contribution in [0.15, 0.2) is 48.7 Å². The molecule has 2 N–H and O–H groups in total. The molecule has 190 valence electrons. The first-order valence-corrected chi connectivity index (χ1v) is 12.3. The third kappa shape index (κ3) is 4.77. The Morgan fingerprint density at radius 1 is 1.11 bits per heavy atom. The van der Waals surface area contributed by atoms with Crippen LogP contribution in [0, 0.1) is 0 Å². The monoisotopic (exact) mass is 539 g/mol. The van der Waals surface area contributed by atoms with Crippen LogP contribution >= 0.6 is 20.2 Å². The molecule has 1 aliphatic heterocycles. The van der Waals surface area contributed by atoms with Crippen molar-refractivity contribution < 1.29 is 37.4 Å². The summed E-state index contributed by atoms with van der Waals surface area (Å²) in [6, 6.07) is 11.9. The van der Waals surface area contributed by atoms with E-state index in [-0.39, 0.29) is 24.0 Å². The fourth-order valence-corrected chi connectivity index (χ4v) is 5.07. The van der Waals surface area contributed by atoms with E-state index >= 15 is 0 Å². The highest BCUT2D eigenvalue weighted by Gasteiger charge is 2.59. The van der Waals surface area contributed by atoms with E-state index in [4.69, 9.17) is 25.6 Å². The van der Waals surface area contributed by atoms with Crippen molar-refractivity contribution in [2.75, 3.05) is 18.6 Å². The van der Waals surface area contributed by atoms with E-state index in [0.717, 1.165) is 11.3 Å². The molecule has 1 amide bonds. The third-order valence-electron chi connectivity index (χ3n) is 6.04. The lowest BCUT2D eigenvalue weighted by molar-refractivity contribution is -0.204. The molecule has 0 atom stereocenters. The van der Waals surface area contributed by atoms with Crippen LogP contribution in [0.25, 0.3) is 5.69 Å². The summed E-state index contributed by atoms with van der Waals surface area (Å²) in [5.41, 5.74) is 0.890. The van der Waals surface area contributed by atoms with Gasteiger partial charge in [-0.2, -0.15) is 5.10 Å². The summed E-state index contributed by atoms with van der Waals surface area (Å²) in [5.74, 6) is -2.74. The first kappa shape index (κ1) is 24.9. The van der Waals surface area contributed by atoms with Crippen LogP contribution in [0.1, 0.15) is 28.9 Å². The molecule has 0 saturated heterocycles. The lowest BCUT2D eigenvalue weighted by Gasteiger charge is -2.45. The number of alkyl halides is 2. The smallest absolute Gasteiger partial charge is 0.327 e. The highest BCUT2D eigenvalue weighted by atomic mass is 35.5. The zero-order valence-electron chi connectivity index (χ0n) is 18.9. The number of ether oxygens (including phenoxy) is 2. The first-order chi connectivity index (χ1) is 17.1. The van der Waals surface area contributed by atoms with Gasteiger partial charge in [0.1, 0.15) is 12.2 Å². The molecule has 9 nitrogen and oxygen atoms in total. The summed E-state index contributed by atoms with van der Waals surface area (Å²) in [5, 5.41) is 5.03. The summed E-state index contributed by atoms with van der Waals surface area (Å²) in [7, 11) is -1.42. The number of hydrogen-bond acceptors (Lipinski definition) is 7. The molecular weight excluding hydrogens is 519 g/mol. The zero-order chi connectivity index (χ0) is 25.7. The maximum atomic E-state index is 13.5. The molecule has 2 aliphatic rings. The predicted molar refractivity (Wildman–Crippen MR) is 127 cm³/mol. The number of rotatable bonds is 8. The number of hydrogen-bond donors (Lipinski definition) is 2. The molecule has 13 heteroatoms. The number of aromatic nitrogens is 2. The molecule has 0 spiro atoms. The Morgan fingerprint density at radius 2 is 1.81 bits per heavy atom. The molecule has 0 unspecified atom stereocenters. The third-order valence-corrected chi connectivity index (χ3v) is 6.85. The fourth-order valence-electron chi connectivity index (χ4n) is 4.42. The number of fused-ring (bicyclic) bond motifs is 1. The van der Waals surface area contributed by atoms with Crippen LogP contribution in [0.3, 0.4) is 0 Å². The minimum atomic E-state index is -2.96. The van der Waals surface area contributed by atoms with Crippen LogP contribution in [-0.4, -0.2) is 50.7 Å². The van der Waals surface area contributed by atoms with Gasteiger partial charge in [-0.25, -0.2) is 13.5 Å². The van der Waals surface area contributed by atoms with Crippen molar-refractivity contribution in [1.29, 1.82) is 0 Å². The van der Waals surface area contributed by atoms with E-state index in [1.54, 1.807) is 53.3 Å². The SMILES string of the molecule is COc1cc(N2Cc3cn(-c4ccc(Cl)cc4)nc3C2=O)ccc1OCC1(OP(O)O)CC(F)(F)C1. The van der Waals surface area contributed by atoms with Gasteiger partial charge < -0.3 is 28.7 Å². The van der Waals surface area contributed by atoms with Crippen molar-refractivity contribution >= 4 is 31.8 Å². The molecule has 3 aromatic rings. The van der Waals surface area contributed by atoms with Gasteiger partial charge in [0.2, 0.25) is 0 Å². The summed E-state index contributed by atoms with van der Waals surface area (Å²) in [4.78, 5) is 33.0. The average molecular weight is 540 g/mol. The Balaban J connectivity index is 1.31. The first-order valence-electron chi connectivity index (χ1n) is 10.8. The summed E-state index contributed by atoms with van der Waals surface area (Å²) < 4.78 is 44.6. The van der Waals surface area contributed by atoms with Crippen molar-refractivity contribution in [3.8, 4) is 17.2 Å². The largest absolute Gasteiger partial charge is 0.493 e. The quantitative estimate of drug-likeness (QED) is 0.407. The number of anilines is 1. The second kappa shape index (κ2) is 9.24. The Kier molecular flexibility index (Phi) is 6.38. The second-order valence-corrected chi connectivity index (χ2v) is 9.80. The van der Waals surface area contributed by atoms with Crippen molar-refractivity contribution in [3.05, 3.63) is 64.9 Å². The highest BCUT2D eigenvalue weighted by Crippen LogP contribution is 2.53. The summed E-state index contributed by atoms with van der Waals surface area (Å²) >= 11 is 5.94. The number of amides is 1. The van der Waals surface area contributed by atoms with Gasteiger partial charge in [0.05, 0.1) is 19.3 Å². The zero-order valence-corrected chi connectivity index (χ0v) is 20.5.